The zero-order valence-corrected chi connectivity index (χ0v) is 11.5. The van der Waals surface area contributed by atoms with Crippen LogP contribution in [0.5, 0.6) is 0 Å². The molecule has 6 nitrogen and oxygen atoms in total. The van der Waals surface area contributed by atoms with E-state index in [9.17, 15) is 14.4 Å². The van der Waals surface area contributed by atoms with Crippen LogP contribution in [-0.2, 0) is 9.59 Å². The average molecular weight is 285 g/mol. The summed E-state index contributed by atoms with van der Waals surface area (Å²) in [6.45, 7) is 1.82. The van der Waals surface area contributed by atoms with Crippen LogP contribution in [0.25, 0.3) is 10.9 Å². The van der Waals surface area contributed by atoms with Gasteiger partial charge in [0.15, 0.2) is 0 Å². The number of aryl methyl sites for hydroxylation is 1. The van der Waals surface area contributed by atoms with Crippen LogP contribution in [-0.4, -0.2) is 28.7 Å². The first kappa shape index (κ1) is 13.4. The number of hydrogen-bond donors (Lipinski definition) is 3. The maximum atomic E-state index is 12.4. The summed E-state index contributed by atoms with van der Waals surface area (Å²) in [7, 11) is 0. The highest BCUT2D eigenvalue weighted by Crippen LogP contribution is 2.22. The number of aromatic nitrogens is 1. The lowest BCUT2D eigenvalue weighted by molar-refractivity contribution is -0.134. The van der Waals surface area contributed by atoms with Gasteiger partial charge in [0.05, 0.1) is 5.56 Å². The Morgan fingerprint density at radius 1 is 1.29 bits per heavy atom. The number of aromatic amines is 1. The minimum absolute atomic E-state index is 0.240. The lowest BCUT2D eigenvalue weighted by Crippen LogP contribution is -2.52. The molecule has 6 heteroatoms. The maximum Gasteiger partial charge on any atom is 0.254 e. The van der Waals surface area contributed by atoms with Crippen molar-refractivity contribution in [2.75, 3.05) is 0 Å². The van der Waals surface area contributed by atoms with E-state index in [-0.39, 0.29) is 18.2 Å². The Hall–Kier alpha value is -2.63. The number of carbonyl (C=O) groups excluding carboxylic acids is 3. The molecule has 0 radical (unpaired) electrons. The molecule has 1 aliphatic rings. The van der Waals surface area contributed by atoms with Crippen LogP contribution in [0, 0.1) is 6.92 Å². The minimum atomic E-state index is -0.664. The number of carbonyl (C=O) groups is 3. The lowest BCUT2D eigenvalue weighted by atomic mass is 10.0. The Bertz CT molecular complexity index is 748. The predicted molar refractivity (Wildman–Crippen MR) is 76.7 cm³/mol. The van der Waals surface area contributed by atoms with Gasteiger partial charge in [-0.25, -0.2) is 0 Å². The van der Waals surface area contributed by atoms with Crippen LogP contribution in [0.15, 0.2) is 24.3 Å². The quantitative estimate of drug-likeness (QED) is 0.719. The van der Waals surface area contributed by atoms with Crippen molar-refractivity contribution in [2.45, 2.75) is 25.8 Å². The average Bonchev–Trinajstić information content (AvgIpc) is 2.77. The largest absolute Gasteiger partial charge is 0.358 e. The molecule has 2 heterocycles. The first-order valence-electron chi connectivity index (χ1n) is 6.78. The lowest BCUT2D eigenvalue weighted by Gasteiger charge is -2.21. The third-order valence-corrected chi connectivity index (χ3v) is 3.67. The second kappa shape index (κ2) is 5.05. The molecule has 0 spiro atoms. The van der Waals surface area contributed by atoms with E-state index >= 15 is 0 Å². The Labute approximate surface area is 120 Å². The number of nitrogens with one attached hydrogen (secondary N) is 3. The molecule has 0 aliphatic carbocycles. The highest BCUT2D eigenvalue weighted by molar-refractivity contribution is 6.10. The Kier molecular flexibility index (Phi) is 3.21. The fraction of sp³-hybridized carbons (Fsp3) is 0.267. The van der Waals surface area contributed by atoms with E-state index in [1.54, 1.807) is 0 Å². The van der Waals surface area contributed by atoms with Crippen molar-refractivity contribution < 1.29 is 14.4 Å². The van der Waals surface area contributed by atoms with Crippen LogP contribution in [0.3, 0.4) is 0 Å². The number of rotatable bonds is 2. The summed E-state index contributed by atoms with van der Waals surface area (Å²) in [4.78, 5) is 38.4. The van der Waals surface area contributed by atoms with Gasteiger partial charge in [-0.1, -0.05) is 18.2 Å². The van der Waals surface area contributed by atoms with Gasteiger partial charge >= 0.3 is 0 Å². The van der Waals surface area contributed by atoms with Crippen molar-refractivity contribution in [1.29, 1.82) is 0 Å². The van der Waals surface area contributed by atoms with Crippen molar-refractivity contribution >= 4 is 28.6 Å². The van der Waals surface area contributed by atoms with Gasteiger partial charge in [-0.05, 0) is 19.4 Å². The molecule has 0 bridgehead atoms. The molecular formula is C15H15N3O3. The summed E-state index contributed by atoms with van der Waals surface area (Å²) in [5, 5.41) is 5.75. The molecule has 108 valence electrons. The standard InChI is InChI=1S/C15H15N3O3/c1-8-13(9-4-2-3-5-10(9)16-8)15(21)17-11-6-7-12(19)18-14(11)20/h2-5,11,16H,6-7H2,1H3,(H,17,21)(H,18,19,20). The maximum absolute atomic E-state index is 12.4. The number of hydrogen-bond acceptors (Lipinski definition) is 3. The van der Waals surface area contributed by atoms with Crippen LogP contribution < -0.4 is 10.6 Å². The second-order valence-corrected chi connectivity index (χ2v) is 5.15. The van der Waals surface area contributed by atoms with E-state index in [2.05, 4.69) is 15.6 Å². The number of fused-ring (bicyclic) bond motifs is 1. The van der Waals surface area contributed by atoms with E-state index in [0.29, 0.717) is 12.0 Å². The van der Waals surface area contributed by atoms with Crippen molar-refractivity contribution in [3.63, 3.8) is 0 Å². The molecule has 1 unspecified atom stereocenters. The number of amides is 3. The smallest absolute Gasteiger partial charge is 0.254 e. The summed E-state index contributed by atoms with van der Waals surface area (Å²) in [5.41, 5.74) is 2.17. The summed E-state index contributed by atoms with van der Waals surface area (Å²) in [5.74, 6) is -1.05. The van der Waals surface area contributed by atoms with E-state index in [4.69, 9.17) is 0 Å². The Balaban J connectivity index is 1.86. The molecule has 3 amide bonds. The molecular weight excluding hydrogens is 270 g/mol. The van der Waals surface area contributed by atoms with Crippen LogP contribution in [0.1, 0.15) is 28.9 Å². The number of imide groups is 1. The fourth-order valence-corrected chi connectivity index (χ4v) is 2.63. The number of benzene rings is 1. The molecule has 3 N–H and O–H groups in total. The van der Waals surface area contributed by atoms with Crippen molar-refractivity contribution in [3.8, 4) is 0 Å². The summed E-state index contributed by atoms with van der Waals surface area (Å²) < 4.78 is 0. The van der Waals surface area contributed by atoms with Crippen LogP contribution in [0.4, 0.5) is 0 Å². The van der Waals surface area contributed by atoms with Gasteiger partial charge in [0, 0.05) is 23.0 Å². The molecule has 0 saturated carbocycles. The normalized spacial score (nSPS) is 18.6. The monoisotopic (exact) mass is 285 g/mol. The Morgan fingerprint density at radius 2 is 2.05 bits per heavy atom. The number of piperidine rings is 1. The van der Waals surface area contributed by atoms with Gasteiger partial charge < -0.3 is 10.3 Å². The first-order valence-corrected chi connectivity index (χ1v) is 6.78. The fourth-order valence-electron chi connectivity index (χ4n) is 2.63. The first-order chi connectivity index (χ1) is 10.1. The minimum Gasteiger partial charge on any atom is -0.358 e. The number of H-pyrrole nitrogens is 1. The van der Waals surface area contributed by atoms with Gasteiger partial charge in [-0.15, -0.1) is 0 Å². The third-order valence-electron chi connectivity index (χ3n) is 3.67. The molecule has 1 fully saturated rings. The van der Waals surface area contributed by atoms with E-state index in [0.717, 1.165) is 16.6 Å². The van der Waals surface area contributed by atoms with Crippen LogP contribution in [0.2, 0.25) is 0 Å². The molecule has 2 aromatic rings. The third kappa shape index (κ3) is 2.40. The van der Waals surface area contributed by atoms with Crippen LogP contribution >= 0.6 is 0 Å². The molecule has 1 atom stereocenters. The highest BCUT2D eigenvalue weighted by Gasteiger charge is 2.29. The number of para-hydroxylation sites is 1. The Morgan fingerprint density at radius 3 is 2.81 bits per heavy atom. The zero-order chi connectivity index (χ0) is 15.0. The topological polar surface area (TPSA) is 91.1 Å². The summed E-state index contributed by atoms with van der Waals surface area (Å²) in [6.07, 6.45) is 0.571. The van der Waals surface area contributed by atoms with Crippen molar-refractivity contribution in [3.05, 3.63) is 35.5 Å². The summed E-state index contributed by atoms with van der Waals surface area (Å²) in [6, 6.07) is 6.84. The molecule has 1 aromatic heterocycles. The van der Waals surface area contributed by atoms with Gasteiger partial charge in [0.1, 0.15) is 6.04 Å². The van der Waals surface area contributed by atoms with E-state index < -0.39 is 11.9 Å². The molecule has 3 rings (SSSR count). The van der Waals surface area contributed by atoms with Crippen molar-refractivity contribution in [2.24, 2.45) is 0 Å². The second-order valence-electron chi connectivity index (χ2n) is 5.15. The zero-order valence-electron chi connectivity index (χ0n) is 11.5. The highest BCUT2D eigenvalue weighted by atomic mass is 16.2. The molecule has 1 saturated heterocycles. The summed E-state index contributed by atoms with van der Waals surface area (Å²) >= 11 is 0. The molecule has 21 heavy (non-hydrogen) atoms. The van der Waals surface area contributed by atoms with E-state index in [1.807, 2.05) is 31.2 Å². The van der Waals surface area contributed by atoms with Gasteiger partial charge in [0.25, 0.3) is 5.91 Å². The van der Waals surface area contributed by atoms with Gasteiger partial charge in [-0.3, -0.25) is 19.7 Å². The SMILES string of the molecule is Cc1[nH]c2ccccc2c1C(=O)NC1CCC(=O)NC1=O. The molecule has 1 aliphatic heterocycles. The van der Waals surface area contributed by atoms with Crippen molar-refractivity contribution in [1.82, 2.24) is 15.6 Å². The predicted octanol–water partition coefficient (Wildman–Crippen LogP) is 1.01. The van der Waals surface area contributed by atoms with Gasteiger partial charge in [0.2, 0.25) is 11.8 Å². The molecule has 1 aromatic carbocycles. The van der Waals surface area contributed by atoms with E-state index in [1.165, 1.54) is 0 Å². The van der Waals surface area contributed by atoms with Gasteiger partial charge in [-0.2, -0.15) is 0 Å².